The number of aliphatic carboxylic acids is 1. The molecular formula is C18H19ClN4O4. The highest BCUT2D eigenvalue weighted by Gasteiger charge is 2.42. The van der Waals surface area contributed by atoms with E-state index in [0.29, 0.717) is 46.9 Å². The van der Waals surface area contributed by atoms with Crippen molar-refractivity contribution in [1.29, 1.82) is 0 Å². The lowest BCUT2D eigenvalue weighted by Gasteiger charge is -2.21. The number of rotatable bonds is 4. The molecule has 2 N–H and O–H groups in total. The predicted molar refractivity (Wildman–Crippen MR) is 97.7 cm³/mol. The summed E-state index contributed by atoms with van der Waals surface area (Å²) in [7, 11) is 0. The molecule has 0 radical (unpaired) electrons. The second-order valence-electron chi connectivity index (χ2n) is 7.39. The first kappa shape index (κ1) is 17.8. The number of hydrogen-bond acceptors (Lipinski definition) is 5. The minimum atomic E-state index is -0.930. The molecule has 8 nitrogen and oxygen atoms in total. The molecule has 0 spiro atoms. The zero-order valence-corrected chi connectivity index (χ0v) is 15.5. The standard InChI is InChI=1S/C18H19ClN4O4/c1-18(16(24)25)6-7-23(9-18)17(26)20-13-8-11(19)4-5-12(13)15-21-14(22-27-15)10-2-3-10/h4-5,8,10H,2-3,6-7,9H2,1H3,(H,20,26)(H,24,25). The van der Waals surface area contributed by atoms with Crippen LogP contribution >= 0.6 is 11.6 Å². The van der Waals surface area contributed by atoms with Gasteiger partial charge in [0.25, 0.3) is 5.89 Å². The first-order valence-corrected chi connectivity index (χ1v) is 9.16. The average Bonchev–Trinajstić information content (AvgIpc) is 3.21. The number of amides is 2. The highest BCUT2D eigenvalue weighted by atomic mass is 35.5. The smallest absolute Gasteiger partial charge is 0.321 e. The van der Waals surface area contributed by atoms with Gasteiger partial charge in [-0.2, -0.15) is 4.98 Å². The number of carboxylic acid groups (broad SMARTS) is 1. The maximum Gasteiger partial charge on any atom is 0.321 e. The molecule has 1 saturated carbocycles. The Bertz CT molecular complexity index is 911. The van der Waals surface area contributed by atoms with Gasteiger partial charge in [0.05, 0.1) is 16.7 Å². The van der Waals surface area contributed by atoms with E-state index < -0.39 is 11.4 Å². The van der Waals surface area contributed by atoms with Crippen LogP contribution in [0.3, 0.4) is 0 Å². The largest absolute Gasteiger partial charge is 0.481 e. The van der Waals surface area contributed by atoms with E-state index in [4.69, 9.17) is 16.1 Å². The molecule has 1 aliphatic carbocycles. The number of urea groups is 1. The molecule has 1 atom stereocenters. The second kappa shape index (κ2) is 6.53. The van der Waals surface area contributed by atoms with Crippen LogP contribution < -0.4 is 5.32 Å². The van der Waals surface area contributed by atoms with Gasteiger partial charge in [0.2, 0.25) is 0 Å². The molecule has 2 amide bonds. The summed E-state index contributed by atoms with van der Waals surface area (Å²) in [6.45, 7) is 2.17. The second-order valence-corrected chi connectivity index (χ2v) is 7.83. The van der Waals surface area contributed by atoms with Gasteiger partial charge >= 0.3 is 12.0 Å². The first-order valence-electron chi connectivity index (χ1n) is 8.78. The average molecular weight is 391 g/mol. The van der Waals surface area contributed by atoms with Crippen LogP contribution in [0.1, 0.15) is 37.9 Å². The van der Waals surface area contributed by atoms with Gasteiger partial charge in [-0.15, -0.1) is 0 Å². The van der Waals surface area contributed by atoms with Crippen molar-refractivity contribution in [2.75, 3.05) is 18.4 Å². The molecule has 2 fully saturated rings. The molecule has 1 unspecified atom stereocenters. The number of nitrogens with one attached hydrogen (secondary N) is 1. The minimum Gasteiger partial charge on any atom is -0.481 e. The predicted octanol–water partition coefficient (Wildman–Crippen LogP) is 3.60. The number of likely N-dealkylation sites (tertiary alicyclic amines) is 1. The van der Waals surface area contributed by atoms with Gasteiger partial charge in [-0.1, -0.05) is 16.8 Å². The van der Waals surface area contributed by atoms with Gasteiger partial charge in [-0.25, -0.2) is 4.79 Å². The maximum absolute atomic E-state index is 12.7. The first-order chi connectivity index (χ1) is 12.9. The number of benzene rings is 1. The molecule has 1 aromatic carbocycles. The van der Waals surface area contributed by atoms with Crippen molar-refractivity contribution >= 4 is 29.3 Å². The number of hydrogen-bond donors (Lipinski definition) is 2. The lowest BCUT2D eigenvalue weighted by atomic mass is 9.90. The Labute approximate surface area is 160 Å². The SMILES string of the molecule is CC1(C(=O)O)CCN(C(=O)Nc2cc(Cl)ccc2-c2nc(C3CC3)no2)C1. The van der Waals surface area contributed by atoms with Gasteiger partial charge in [0.1, 0.15) is 0 Å². The van der Waals surface area contributed by atoms with Crippen molar-refractivity contribution in [2.24, 2.45) is 5.41 Å². The summed E-state index contributed by atoms with van der Waals surface area (Å²) in [6.07, 6.45) is 2.52. The molecule has 1 aromatic heterocycles. The van der Waals surface area contributed by atoms with Crippen molar-refractivity contribution in [3.63, 3.8) is 0 Å². The van der Waals surface area contributed by atoms with E-state index in [1.165, 1.54) is 4.90 Å². The summed E-state index contributed by atoms with van der Waals surface area (Å²) in [5.41, 5.74) is 0.0925. The Morgan fingerprint density at radius 2 is 2.19 bits per heavy atom. The number of carboxylic acids is 1. The summed E-state index contributed by atoms with van der Waals surface area (Å²) >= 11 is 6.09. The molecular weight excluding hydrogens is 372 g/mol. The van der Waals surface area contributed by atoms with Crippen molar-refractivity contribution < 1.29 is 19.2 Å². The Kier molecular flexibility index (Phi) is 4.30. The number of halogens is 1. The number of aromatic nitrogens is 2. The van der Waals surface area contributed by atoms with Crippen molar-refractivity contribution in [1.82, 2.24) is 15.0 Å². The third-order valence-corrected chi connectivity index (χ3v) is 5.35. The fourth-order valence-corrected chi connectivity index (χ4v) is 3.33. The lowest BCUT2D eigenvalue weighted by molar-refractivity contribution is -0.146. The fraction of sp³-hybridized carbons (Fsp3) is 0.444. The van der Waals surface area contributed by atoms with Gasteiger partial charge in [-0.05, 0) is 44.4 Å². The van der Waals surface area contributed by atoms with E-state index in [1.807, 2.05) is 0 Å². The van der Waals surface area contributed by atoms with Crippen LogP contribution in [-0.2, 0) is 4.79 Å². The third-order valence-electron chi connectivity index (χ3n) is 5.11. The van der Waals surface area contributed by atoms with Crippen LogP contribution in [0, 0.1) is 5.41 Å². The topological polar surface area (TPSA) is 109 Å². The normalized spacial score (nSPS) is 22.1. The Balaban J connectivity index is 1.55. The van der Waals surface area contributed by atoms with Crippen LogP contribution in [-0.4, -0.2) is 45.2 Å². The fourth-order valence-electron chi connectivity index (χ4n) is 3.16. The van der Waals surface area contributed by atoms with Crippen LogP contribution in [0.4, 0.5) is 10.5 Å². The van der Waals surface area contributed by atoms with Gasteiger partial charge in [-0.3, -0.25) is 4.79 Å². The van der Waals surface area contributed by atoms with E-state index in [2.05, 4.69) is 15.5 Å². The summed E-state index contributed by atoms with van der Waals surface area (Å²) in [5.74, 6) is 0.445. The van der Waals surface area contributed by atoms with Crippen molar-refractivity contribution in [3.05, 3.63) is 29.0 Å². The number of carbonyl (C=O) groups is 2. The molecule has 0 bridgehead atoms. The zero-order valence-electron chi connectivity index (χ0n) is 14.7. The zero-order chi connectivity index (χ0) is 19.2. The summed E-state index contributed by atoms with van der Waals surface area (Å²) in [5, 5.41) is 16.6. The minimum absolute atomic E-state index is 0.149. The van der Waals surface area contributed by atoms with E-state index in [-0.39, 0.29) is 12.6 Å². The van der Waals surface area contributed by atoms with Crippen molar-refractivity contribution in [3.8, 4) is 11.5 Å². The van der Waals surface area contributed by atoms with Crippen molar-refractivity contribution in [2.45, 2.75) is 32.1 Å². The quantitative estimate of drug-likeness (QED) is 0.825. The lowest BCUT2D eigenvalue weighted by Crippen LogP contribution is -2.37. The Hall–Kier alpha value is -2.61. The van der Waals surface area contributed by atoms with Crippen LogP contribution in [0.5, 0.6) is 0 Å². The van der Waals surface area contributed by atoms with Crippen LogP contribution in [0.2, 0.25) is 5.02 Å². The van der Waals surface area contributed by atoms with E-state index in [0.717, 1.165) is 12.8 Å². The highest BCUT2D eigenvalue weighted by molar-refractivity contribution is 6.31. The van der Waals surface area contributed by atoms with E-state index in [1.54, 1.807) is 25.1 Å². The van der Waals surface area contributed by atoms with Gasteiger partial charge < -0.3 is 19.8 Å². The summed E-state index contributed by atoms with van der Waals surface area (Å²) in [6, 6.07) is 4.63. The molecule has 27 heavy (non-hydrogen) atoms. The third kappa shape index (κ3) is 3.49. The summed E-state index contributed by atoms with van der Waals surface area (Å²) in [4.78, 5) is 30.0. The molecule has 9 heteroatoms. The molecule has 2 aliphatic rings. The van der Waals surface area contributed by atoms with E-state index >= 15 is 0 Å². The van der Waals surface area contributed by atoms with Gasteiger partial charge in [0, 0.05) is 24.0 Å². The molecule has 2 heterocycles. The van der Waals surface area contributed by atoms with Crippen LogP contribution in [0.15, 0.2) is 22.7 Å². The molecule has 1 aliphatic heterocycles. The van der Waals surface area contributed by atoms with E-state index in [9.17, 15) is 14.7 Å². The maximum atomic E-state index is 12.7. The highest BCUT2D eigenvalue weighted by Crippen LogP contribution is 2.40. The molecule has 1 saturated heterocycles. The number of anilines is 1. The molecule has 4 rings (SSSR count). The molecule has 142 valence electrons. The summed E-state index contributed by atoms with van der Waals surface area (Å²) < 4.78 is 5.36. The molecule has 2 aromatic rings. The number of carbonyl (C=O) groups excluding carboxylic acids is 1. The monoisotopic (exact) mass is 390 g/mol. The van der Waals surface area contributed by atoms with Gasteiger partial charge in [0.15, 0.2) is 5.82 Å². The number of nitrogens with zero attached hydrogens (tertiary/aromatic N) is 3. The Morgan fingerprint density at radius 3 is 2.85 bits per heavy atom. The van der Waals surface area contributed by atoms with Crippen LogP contribution in [0.25, 0.3) is 11.5 Å². The Morgan fingerprint density at radius 1 is 1.41 bits per heavy atom.